The van der Waals surface area contributed by atoms with E-state index in [-0.39, 0.29) is 12.5 Å². The summed E-state index contributed by atoms with van der Waals surface area (Å²) in [5.41, 5.74) is 0. The van der Waals surface area contributed by atoms with E-state index < -0.39 is 0 Å². The number of aryl methyl sites for hydroxylation is 1. The fraction of sp³-hybridized carbons (Fsp3) is 0.545. The van der Waals surface area contributed by atoms with Crippen LogP contribution in [0.4, 0.5) is 0 Å². The van der Waals surface area contributed by atoms with Crippen LogP contribution in [0.5, 0.6) is 0 Å². The zero-order valence-corrected chi connectivity index (χ0v) is 10.9. The van der Waals surface area contributed by atoms with Gasteiger partial charge in [-0.25, -0.2) is 0 Å². The number of hydrogen-bond donors (Lipinski definition) is 1. The maximum atomic E-state index is 11.7. The van der Waals surface area contributed by atoms with Gasteiger partial charge in [-0.3, -0.25) is 4.79 Å². The topological polar surface area (TPSA) is 40.5 Å². The predicted octanol–water partition coefficient (Wildman–Crippen LogP) is 2.17. The first-order valence-corrected chi connectivity index (χ1v) is 6.54. The molecule has 1 aromatic heterocycles. The number of nitrogens with zero attached hydrogens (tertiary/aromatic N) is 1. The van der Waals surface area contributed by atoms with Crippen molar-refractivity contribution in [1.82, 2.24) is 4.90 Å². The Bertz CT molecular complexity index is 340. The van der Waals surface area contributed by atoms with Crippen molar-refractivity contribution in [2.24, 2.45) is 0 Å². The van der Waals surface area contributed by atoms with Crippen LogP contribution in [0.2, 0.25) is 5.02 Å². The van der Waals surface area contributed by atoms with Gasteiger partial charge in [-0.1, -0.05) is 11.6 Å². The Morgan fingerprint density at radius 3 is 2.88 bits per heavy atom. The number of likely N-dealkylation sites (N-methyl/N-ethyl adjacent to an activating group) is 1. The van der Waals surface area contributed by atoms with Gasteiger partial charge in [0.25, 0.3) is 0 Å². The Balaban J connectivity index is 2.39. The van der Waals surface area contributed by atoms with Crippen molar-refractivity contribution in [1.29, 1.82) is 0 Å². The molecular weight excluding hydrogens is 246 g/mol. The molecule has 0 aliphatic rings. The number of thiophene rings is 1. The number of hydrogen-bond acceptors (Lipinski definition) is 3. The number of amides is 1. The minimum atomic E-state index is 0.0183. The van der Waals surface area contributed by atoms with Crippen LogP contribution in [0, 0.1) is 0 Å². The third kappa shape index (κ3) is 4.12. The van der Waals surface area contributed by atoms with E-state index in [1.54, 1.807) is 16.2 Å². The quantitative estimate of drug-likeness (QED) is 0.853. The van der Waals surface area contributed by atoms with E-state index in [2.05, 4.69) is 0 Å². The largest absolute Gasteiger partial charge is 0.395 e. The van der Waals surface area contributed by atoms with E-state index in [1.165, 1.54) is 0 Å². The van der Waals surface area contributed by atoms with Gasteiger partial charge in [0.1, 0.15) is 0 Å². The van der Waals surface area contributed by atoms with Gasteiger partial charge in [0.05, 0.1) is 11.6 Å². The molecule has 0 saturated carbocycles. The van der Waals surface area contributed by atoms with Gasteiger partial charge >= 0.3 is 0 Å². The van der Waals surface area contributed by atoms with Crippen LogP contribution in [0.25, 0.3) is 0 Å². The maximum absolute atomic E-state index is 11.7. The second kappa shape index (κ2) is 6.89. The van der Waals surface area contributed by atoms with Gasteiger partial charge in [-0.15, -0.1) is 11.3 Å². The van der Waals surface area contributed by atoms with Crippen molar-refractivity contribution >= 4 is 28.8 Å². The molecule has 0 spiro atoms. The zero-order chi connectivity index (χ0) is 12.0. The third-order valence-electron chi connectivity index (χ3n) is 2.31. The second-order valence-corrected chi connectivity index (χ2v) is 4.86. The van der Waals surface area contributed by atoms with Crippen molar-refractivity contribution in [3.05, 3.63) is 21.3 Å². The Kier molecular flexibility index (Phi) is 5.80. The molecule has 1 amide bonds. The summed E-state index contributed by atoms with van der Waals surface area (Å²) in [4.78, 5) is 14.5. The molecule has 16 heavy (non-hydrogen) atoms. The highest BCUT2D eigenvalue weighted by Gasteiger charge is 2.11. The lowest BCUT2D eigenvalue weighted by Gasteiger charge is -2.19. The fourth-order valence-corrected chi connectivity index (χ4v) is 2.53. The first-order valence-electron chi connectivity index (χ1n) is 5.29. The average molecular weight is 262 g/mol. The van der Waals surface area contributed by atoms with Crippen molar-refractivity contribution in [2.45, 2.75) is 19.8 Å². The predicted molar refractivity (Wildman–Crippen MR) is 67.0 cm³/mol. The van der Waals surface area contributed by atoms with Gasteiger partial charge < -0.3 is 10.0 Å². The van der Waals surface area contributed by atoms with E-state index in [4.69, 9.17) is 16.7 Å². The second-order valence-electron chi connectivity index (χ2n) is 3.43. The van der Waals surface area contributed by atoms with Crippen molar-refractivity contribution in [2.75, 3.05) is 19.7 Å². The summed E-state index contributed by atoms with van der Waals surface area (Å²) < 4.78 is 0. The SMILES string of the molecule is CCN(CCO)C(=O)CCc1cc(Cl)cs1. The van der Waals surface area contributed by atoms with E-state index in [9.17, 15) is 4.79 Å². The summed E-state index contributed by atoms with van der Waals surface area (Å²) in [5.74, 6) is 0.0843. The summed E-state index contributed by atoms with van der Waals surface area (Å²) in [6.07, 6.45) is 1.20. The fourth-order valence-electron chi connectivity index (χ4n) is 1.45. The minimum absolute atomic E-state index is 0.0183. The number of aliphatic hydroxyl groups excluding tert-OH is 1. The highest BCUT2D eigenvalue weighted by molar-refractivity contribution is 7.10. The molecular formula is C11H16ClNO2S. The van der Waals surface area contributed by atoms with Crippen LogP contribution >= 0.6 is 22.9 Å². The van der Waals surface area contributed by atoms with E-state index in [0.29, 0.717) is 19.5 Å². The maximum Gasteiger partial charge on any atom is 0.222 e. The number of aliphatic hydroxyl groups is 1. The summed E-state index contributed by atoms with van der Waals surface area (Å²) in [5, 5.41) is 11.4. The van der Waals surface area contributed by atoms with E-state index in [0.717, 1.165) is 16.3 Å². The number of rotatable bonds is 6. The van der Waals surface area contributed by atoms with Gasteiger partial charge in [-0.2, -0.15) is 0 Å². The molecule has 3 nitrogen and oxygen atoms in total. The third-order valence-corrected chi connectivity index (χ3v) is 3.66. The molecule has 5 heteroatoms. The Labute approximate surface area is 105 Å². The molecule has 0 unspecified atom stereocenters. The monoisotopic (exact) mass is 261 g/mol. The molecule has 0 aliphatic heterocycles. The molecule has 1 aromatic rings. The first kappa shape index (κ1) is 13.5. The highest BCUT2D eigenvalue weighted by Crippen LogP contribution is 2.20. The summed E-state index contributed by atoms with van der Waals surface area (Å²) in [6, 6.07) is 1.89. The number of halogens is 1. The van der Waals surface area contributed by atoms with Crippen LogP contribution < -0.4 is 0 Å². The normalized spacial score (nSPS) is 10.4. The summed E-state index contributed by atoms with van der Waals surface area (Å²) >= 11 is 7.37. The van der Waals surface area contributed by atoms with Crippen molar-refractivity contribution in [3.8, 4) is 0 Å². The lowest BCUT2D eigenvalue weighted by Crippen LogP contribution is -2.33. The van der Waals surface area contributed by atoms with Crippen molar-refractivity contribution in [3.63, 3.8) is 0 Å². The zero-order valence-electron chi connectivity index (χ0n) is 9.28. The van der Waals surface area contributed by atoms with E-state index >= 15 is 0 Å². The Morgan fingerprint density at radius 1 is 1.62 bits per heavy atom. The molecule has 0 atom stereocenters. The van der Waals surface area contributed by atoms with Crippen LogP contribution in [0.15, 0.2) is 11.4 Å². The first-order chi connectivity index (χ1) is 7.67. The van der Waals surface area contributed by atoms with Crippen LogP contribution in [-0.2, 0) is 11.2 Å². The Morgan fingerprint density at radius 2 is 2.38 bits per heavy atom. The molecule has 0 bridgehead atoms. The van der Waals surface area contributed by atoms with Crippen LogP contribution in [-0.4, -0.2) is 35.6 Å². The summed E-state index contributed by atoms with van der Waals surface area (Å²) in [6.45, 7) is 2.99. The smallest absolute Gasteiger partial charge is 0.222 e. The lowest BCUT2D eigenvalue weighted by molar-refractivity contribution is -0.131. The molecule has 0 saturated heterocycles. The van der Waals surface area contributed by atoms with Gasteiger partial charge in [0, 0.05) is 29.8 Å². The van der Waals surface area contributed by atoms with Gasteiger partial charge in [-0.05, 0) is 19.4 Å². The highest BCUT2D eigenvalue weighted by atomic mass is 35.5. The van der Waals surface area contributed by atoms with Crippen molar-refractivity contribution < 1.29 is 9.90 Å². The van der Waals surface area contributed by atoms with Gasteiger partial charge in [0.2, 0.25) is 5.91 Å². The van der Waals surface area contributed by atoms with Crippen LogP contribution in [0.1, 0.15) is 18.2 Å². The summed E-state index contributed by atoms with van der Waals surface area (Å²) in [7, 11) is 0. The average Bonchev–Trinajstić information content (AvgIpc) is 2.68. The molecule has 1 rings (SSSR count). The molecule has 90 valence electrons. The number of carbonyl (C=O) groups excluding carboxylic acids is 1. The van der Waals surface area contributed by atoms with Gasteiger partial charge in [0.15, 0.2) is 0 Å². The van der Waals surface area contributed by atoms with Crippen LogP contribution in [0.3, 0.4) is 0 Å². The molecule has 0 fully saturated rings. The van der Waals surface area contributed by atoms with E-state index in [1.807, 2.05) is 18.4 Å². The Hall–Kier alpha value is -0.580. The minimum Gasteiger partial charge on any atom is -0.395 e. The molecule has 1 heterocycles. The lowest BCUT2D eigenvalue weighted by atomic mass is 10.2. The molecule has 0 aromatic carbocycles. The standard InChI is InChI=1S/C11H16ClNO2S/c1-2-13(5-6-14)11(15)4-3-10-7-9(12)8-16-10/h7-8,14H,2-6H2,1H3. The molecule has 0 aliphatic carbocycles. The molecule has 0 radical (unpaired) electrons. The molecule has 1 N–H and O–H groups in total. The number of carbonyl (C=O) groups is 1.